The number of benzene rings is 1. The van der Waals surface area contributed by atoms with Gasteiger partial charge in [0, 0.05) is 0 Å². The molecule has 1 aromatic rings. The fourth-order valence-corrected chi connectivity index (χ4v) is 2.12. The lowest BCUT2D eigenvalue weighted by Crippen LogP contribution is -2.40. The largest absolute Gasteiger partial charge is 0.466 e. The monoisotopic (exact) mass is 359 g/mol. The molecule has 0 aliphatic heterocycles. The number of esters is 1. The van der Waals surface area contributed by atoms with Crippen LogP contribution in [0.15, 0.2) is 30.3 Å². The fourth-order valence-electron chi connectivity index (χ4n) is 1.71. The van der Waals surface area contributed by atoms with Gasteiger partial charge < -0.3 is 14.8 Å². The van der Waals surface area contributed by atoms with Crippen molar-refractivity contribution in [3.63, 3.8) is 0 Å². The second-order valence-electron chi connectivity index (χ2n) is 4.90. The van der Waals surface area contributed by atoms with Gasteiger partial charge in [-0.05, 0) is 12.5 Å². The van der Waals surface area contributed by atoms with Crippen LogP contribution in [0.3, 0.4) is 0 Å². The lowest BCUT2D eigenvalue weighted by atomic mass is 10.2. The lowest BCUT2D eigenvalue weighted by molar-refractivity contribution is -0.143. The van der Waals surface area contributed by atoms with Gasteiger partial charge in [0.25, 0.3) is 10.1 Å². The van der Waals surface area contributed by atoms with E-state index in [1.807, 2.05) is 6.07 Å². The second kappa shape index (κ2) is 9.89. The second-order valence-corrected chi connectivity index (χ2v) is 6.54. The molecule has 0 aliphatic rings. The van der Waals surface area contributed by atoms with Crippen LogP contribution in [-0.2, 0) is 35.2 Å². The van der Waals surface area contributed by atoms with Crippen molar-refractivity contribution >= 4 is 22.2 Å². The van der Waals surface area contributed by atoms with Crippen molar-refractivity contribution in [1.82, 2.24) is 5.32 Å². The van der Waals surface area contributed by atoms with Crippen LogP contribution in [0.2, 0.25) is 0 Å². The summed E-state index contributed by atoms with van der Waals surface area (Å²) < 4.78 is 36.6. The van der Waals surface area contributed by atoms with E-state index < -0.39 is 34.8 Å². The number of alkyl carbamates (subject to hydrolysis) is 1. The maximum absolute atomic E-state index is 11.8. The minimum absolute atomic E-state index is 0.0474. The summed E-state index contributed by atoms with van der Waals surface area (Å²) in [7, 11) is -3.70. The Bertz CT molecular complexity index is 630. The molecule has 9 heteroatoms. The zero-order valence-electron chi connectivity index (χ0n) is 13.6. The van der Waals surface area contributed by atoms with Crippen molar-refractivity contribution in [2.75, 3.05) is 19.5 Å². The van der Waals surface area contributed by atoms with Crippen LogP contribution in [0.5, 0.6) is 0 Å². The molecule has 1 aromatic carbocycles. The zero-order chi connectivity index (χ0) is 18.0. The van der Waals surface area contributed by atoms with Crippen molar-refractivity contribution in [3.8, 4) is 0 Å². The molecule has 134 valence electrons. The van der Waals surface area contributed by atoms with Crippen LogP contribution in [-0.4, -0.2) is 46.0 Å². The number of hydrogen-bond donors (Lipinski definition) is 1. The topological polar surface area (TPSA) is 108 Å². The van der Waals surface area contributed by atoms with Crippen molar-refractivity contribution < 1.29 is 31.7 Å². The SMILES string of the molecule is CCOC(=O)C[C@@H](COS(C)(=O)=O)NC(=O)OCc1ccccc1. The first-order chi connectivity index (χ1) is 11.3. The Hall–Kier alpha value is -2.13. The van der Waals surface area contributed by atoms with Gasteiger partial charge in [-0.2, -0.15) is 8.42 Å². The molecule has 0 saturated heterocycles. The smallest absolute Gasteiger partial charge is 0.407 e. The highest BCUT2D eigenvalue weighted by Crippen LogP contribution is 2.03. The fraction of sp³-hybridized carbons (Fsp3) is 0.467. The molecule has 1 amide bonds. The molecule has 0 bridgehead atoms. The molecule has 0 saturated carbocycles. The highest BCUT2D eigenvalue weighted by atomic mass is 32.2. The quantitative estimate of drug-likeness (QED) is 0.521. The Morgan fingerprint density at radius 1 is 1.17 bits per heavy atom. The van der Waals surface area contributed by atoms with Gasteiger partial charge in [0.05, 0.1) is 31.9 Å². The molecule has 0 spiro atoms. The summed E-state index contributed by atoms with van der Waals surface area (Å²) >= 11 is 0. The summed E-state index contributed by atoms with van der Waals surface area (Å²) in [5.74, 6) is -0.581. The third kappa shape index (κ3) is 9.11. The highest BCUT2D eigenvalue weighted by Gasteiger charge is 2.20. The summed E-state index contributed by atoms with van der Waals surface area (Å²) in [5.41, 5.74) is 0.793. The van der Waals surface area contributed by atoms with E-state index in [9.17, 15) is 18.0 Å². The molecular weight excluding hydrogens is 338 g/mol. The van der Waals surface area contributed by atoms with E-state index in [0.29, 0.717) is 0 Å². The van der Waals surface area contributed by atoms with Gasteiger partial charge in [0.1, 0.15) is 6.61 Å². The van der Waals surface area contributed by atoms with Crippen LogP contribution in [0.25, 0.3) is 0 Å². The first-order valence-electron chi connectivity index (χ1n) is 7.27. The number of hydrogen-bond acceptors (Lipinski definition) is 7. The summed E-state index contributed by atoms with van der Waals surface area (Å²) in [6, 6.07) is 8.13. The zero-order valence-corrected chi connectivity index (χ0v) is 14.4. The predicted octanol–water partition coefficient (Wildman–Crippen LogP) is 1.21. The average molecular weight is 359 g/mol. The first-order valence-corrected chi connectivity index (χ1v) is 9.09. The molecule has 0 aromatic heterocycles. The Balaban J connectivity index is 2.54. The average Bonchev–Trinajstić information content (AvgIpc) is 2.51. The standard InChI is InChI=1S/C15H21NO7S/c1-3-21-14(17)9-13(11-23-24(2,19)20)16-15(18)22-10-12-7-5-4-6-8-12/h4-8,13H,3,9-11H2,1-2H3,(H,16,18)/t13-/m0/s1. The number of carbonyl (C=O) groups excluding carboxylic acids is 2. The molecule has 8 nitrogen and oxygen atoms in total. The van der Waals surface area contributed by atoms with Crippen molar-refractivity contribution in [3.05, 3.63) is 35.9 Å². The minimum atomic E-state index is -3.70. The first kappa shape index (κ1) is 19.9. The maximum atomic E-state index is 11.8. The Morgan fingerprint density at radius 2 is 1.83 bits per heavy atom. The summed E-state index contributed by atoms with van der Waals surface area (Å²) in [5, 5.41) is 2.40. The van der Waals surface area contributed by atoms with Gasteiger partial charge in [-0.1, -0.05) is 30.3 Å². The number of rotatable bonds is 9. The Morgan fingerprint density at radius 3 is 2.42 bits per heavy atom. The van der Waals surface area contributed by atoms with Crippen molar-refractivity contribution in [2.45, 2.75) is 26.0 Å². The maximum Gasteiger partial charge on any atom is 0.407 e. The van der Waals surface area contributed by atoms with E-state index in [2.05, 4.69) is 9.50 Å². The van der Waals surface area contributed by atoms with Crippen LogP contribution in [0, 0.1) is 0 Å². The van der Waals surface area contributed by atoms with Crippen LogP contribution in [0.1, 0.15) is 18.9 Å². The van der Waals surface area contributed by atoms with Gasteiger partial charge in [0.15, 0.2) is 0 Å². The van der Waals surface area contributed by atoms with Gasteiger partial charge in [-0.25, -0.2) is 4.79 Å². The van der Waals surface area contributed by atoms with Crippen molar-refractivity contribution in [2.24, 2.45) is 0 Å². The Kier molecular flexibility index (Phi) is 8.20. The highest BCUT2D eigenvalue weighted by molar-refractivity contribution is 7.85. The van der Waals surface area contributed by atoms with Crippen molar-refractivity contribution in [1.29, 1.82) is 0 Å². The predicted molar refractivity (Wildman–Crippen MR) is 85.6 cm³/mol. The van der Waals surface area contributed by atoms with E-state index >= 15 is 0 Å². The molecule has 0 unspecified atom stereocenters. The van der Waals surface area contributed by atoms with Gasteiger partial charge in [-0.15, -0.1) is 0 Å². The van der Waals surface area contributed by atoms with E-state index in [-0.39, 0.29) is 19.6 Å². The minimum Gasteiger partial charge on any atom is -0.466 e. The molecular formula is C15H21NO7S. The molecule has 1 atom stereocenters. The van der Waals surface area contributed by atoms with Gasteiger partial charge in [-0.3, -0.25) is 8.98 Å². The van der Waals surface area contributed by atoms with E-state index in [0.717, 1.165) is 11.8 Å². The normalized spacial score (nSPS) is 12.2. The van der Waals surface area contributed by atoms with E-state index in [1.54, 1.807) is 31.2 Å². The molecule has 0 aliphatic carbocycles. The summed E-state index contributed by atoms with van der Waals surface area (Å²) in [4.78, 5) is 23.3. The van der Waals surface area contributed by atoms with Gasteiger partial charge >= 0.3 is 12.1 Å². The lowest BCUT2D eigenvalue weighted by Gasteiger charge is -2.17. The van der Waals surface area contributed by atoms with Gasteiger partial charge in [0.2, 0.25) is 0 Å². The van der Waals surface area contributed by atoms with Crippen LogP contribution < -0.4 is 5.32 Å². The van der Waals surface area contributed by atoms with Crippen LogP contribution in [0.4, 0.5) is 4.79 Å². The number of carbonyl (C=O) groups is 2. The molecule has 24 heavy (non-hydrogen) atoms. The number of nitrogens with one attached hydrogen (secondary N) is 1. The van der Waals surface area contributed by atoms with Crippen LogP contribution >= 0.6 is 0 Å². The Labute approximate surface area is 141 Å². The third-order valence-corrected chi connectivity index (χ3v) is 3.30. The third-order valence-electron chi connectivity index (χ3n) is 2.74. The summed E-state index contributed by atoms with van der Waals surface area (Å²) in [6.45, 7) is 1.47. The number of ether oxygens (including phenoxy) is 2. The molecule has 0 radical (unpaired) electrons. The van der Waals surface area contributed by atoms with E-state index in [4.69, 9.17) is 9.47 Å². The number of amides is 1. The summed E-state index contributed by atoms with van der Waals surface area (Å²) in [6.07, 6.45) is -0.142. The molecule has 0 fully saturated rings. The molecule has 1 rings (SSSR count). The van der Waals surface area contributed by atoms with E-state index in [1.165, 1.54) is 0 Å². The molecule has 0 heterocycles. The molecule has 1 N–H and O–H groups in total.